The lowest BCUT2D eigenvalue weighted by molar-refractivity contribution is 0.0947. The van der Waals surface area contributed by atoms with Gasteiger partial charge in [0.1, 0.15) is 45.2 Å². The van der Waals surface area contributed by atoms with Gasteiger partial charge in [0, 0.05) is 89.5 Å². The van der Waals surface area contributed by atoms with Gasteiger partial charge in [-0.1, -0.05) is 28.1 Å². The number of hydrogen-bond acceptors (Lipinski definition) is 12. The molecule has 6 heterocycles. The number of aromatic nitrogens is 6. The minimum Gasteiger partial charge on any atom is -0.367 e. The van der Waals surface area contributed by atoms with Crippen LogP contribution in [0.4, 0.5) is 37.7 Å². The Bertz CT molecular complexity index is 2870. The van der Waals surface area contributed by atoms with E-state index >= 15 is 0 Å². The summed E-state index contributed by atoms with van der Waals surface area (Å²) in [6.45, 7) is 8.17. The van der Waals surface area contributed by atoms with Crippen LogP contribution in [0.25, 0.3) is 22.1 Å². The predicted molar refractivity (Wildman–Crippen MR) is 244 cm³/mol. The summed E-state index contributed by atoms with van der Waals surface area (Å²) < 4.78 is 82.1. The molecule has 0 aliphatic carbocycles. The number of rotatable bonds is 9. The normalized spacial score (nSPS) is 14.2. The first-order chi connectivity index (χ1) is 32.0. The number of nitrogens with one attached hydrogen (secondary N) is 5. The lowest BCUT2D eigenvalue weighted by atomic mass is 10.1. The maximum Gasteiger partial charge on any atom is 0.282 e. The van der Waals surface area contributed by atoms with Crippen molar-refractivity contribution in [3.63, 3.8) is 0 Å². The van der Waals surface area contributed by atoms with E-state index in [1.807, 2.05) is 9.80 Å². The Morgan fingerprint density at radius 2 is 1.07 bits per heavy atom. The number of nitrogens with zero attached hydrogens (tertiary/aromatic N) is 7. The van der Waals surface area contributed by atoms with Crippen molar-refractivity contribution in [3.8, 4) is 0 Å². The fourth-order valence-electron chi connectivity index (χ4n) is 7.33. The first-order valence-electron chi connectivity index (χ1n) is 20.9. The van der Waals surface area contributed by atoms with Crippen LogP contribution in [0.5, 0.6) is 0 Å². The molecule has 16 nitrogen and oxygen atoms in total. The number of fused-ring (bicyclic) bond motifs is 2. The summed E-state index contributed by atoms with van der Waals surface area (Å²) in [7, 11) is 2.85. The van der Waals surface area contributed by atoms with Gasteiger partial charge >= 0.3 is 0 Å². The van der Waals surface area contributed by atoms with E-state index in [1.165, 1.54) is 32.3 Å². The molecule has 8 rings (SSSR count). The number of alkyl halides is 5. The first kappa shape index (κ1) is 50.0. The largest absolute Gasteiger partial charge is 0.367 e. The van der Waals surface area contributed by atoms with E-state index in [1.54, 1.807) is 49.1 Å². The molecule has 356 valence electrons. The molecule has 0 spiro atoms. The number of carbonyl (C=O) groups excluding carboxylic acids is 2. The molecule has 23 heteroatoms. The van der Waals surface area contributed by atoms with Gasteiger partial charge in [-0.15, -0.1) is 0 Å². The van der Waals surface area contributed by atoms with E-state index in [9.17, 15) is 45.5 Å². The van der Waals surface area contributed by atoms with Gasteiger partial charge in [0.25, 0.3) is 35.8 Å². The molecular formula is C44H47BrF6N12O4. The van der Waals surface area contributed by atoms with Crippen LogP contribution in [0, 0.1) is 25.5 Å². The number of aryl methyl sites for hydroxylation is 2. The Labute approximate surface area is 387 Å². The van der Waals surface area contributed by atoms with Crippen LogP contribution in [0.15, 0.2) is 58.1 Å². The number of aromatic amines is 2. The topological polar surface area (TPSA) is 197 Å². The van der Waals surface area contributed by atoms with E-state index < -0.39 is 47.6 Å². The van der Waals surface area contributed by atoms with Crippen molar-refractivity contribution in [2.45, 2.75) is 38.6 Å². The number of carbonyl (C=O) groups is 2. The maximum atomic E-state index is 15.0. The molecule has 5 N–H and O–H groups in total. The lowest BCUT2D eigenvalue weighted by Gasteiger charge is -2.36. The van der Waals surface area contributed by atoms with Crippen molar-refractivity contribution in [1.29, 1.82) is 0 Å². The molecular weight excluding hydrogens is 954 g/mol. The van der Waals surface area contributed by atoms with Crippen LogP contribution >= 0.6 is 15.9 Å². The monoisotopic (exact) mass is 1000 g/mol. The highest BCUT2D eigenvalue weighted by Gasteiger charge is 2.26. The Hall–Kier alpha value is -6.46. The van der Waals surface area contributed by atoms with Gasteiger partial charge < -0.3 is 35.7 Å². The average molecular weight is 1000 g/mol. The fourth-order valence-corrected chi connectivity index (χ4v) is 7.77. The zero-order valence-electron chi connectivity index (χ0n) is 36.8. The number of benzene rings is 2. The van der Waals surface area contributed by atoms with Crippen molar-refractivity contribution < 1.29 is 35.9 Å². The van der Waals surface area contributed by atoms with E-state index in [0.29, 0.717) is 84.7 Å². The maximum absolute atomic E-state index is 15.0. The molecule has 0 bridgehead atoms. The Kier molecular flexibility index (Phi) is 16.7. The number of H-pyrrole nitrogens is 2. The number of halogens is 7. The van der Waals surface area contributed by atoms with E-state index in [0.717, 1.165) is 13.1 Å². The molecule has 2 saturated heterocycles. The fraction of sp³-hybridized carbons (Fsp3) is 0.364. The molecule has 2 fully saturated rings. The number of hydrogen-bond donors (Lipinski definition) is 5. The summed E-state index contributed by atoms with van der Waals surface area (Å²) in [4.78, 5) is 72.8. The van der Waals surface area contributed by atoms with Crippen LogP contribution in [0.2, 0.25) is 0 Å². The van der Waals surface area contributed by atoms with Crippen molar-refractivity contribution in [2.24, 2.45) is 0 Å². The molecule has 0 radical (unpaired) electrons. The molecule has 2 aliphatic heterocycles. The van der Waals surface area contributed by atoms with Gasteiger partial charge in [-0.25, -0.2) is 46.3 Å². The molecule has 0 unspecified atom stereocenters. The minimum atomic E-state index is -2.83. The second kappa shape index (κ2) is 22.4. The summed E-state index contributed by atoms with van der Waals surface area (Å²) in [6, 6.07) is 12.6. The third kappa shape index (κ3) is 11.7. The summed E-state index contributed by atoms with van der Waals surface area (Å²) >= 11 is 3.17. The Morgan fingerprint density at radius 3 is 1.51 bits per heavy atom. The molecule has 4 aromatic heterocycles. The lowest BCUT2D eigenvalue weighted by Crippen LogP contribution is -2.46. The molecule has 67 heavy (non-hydrogen) atoms. The standard InChI is InChI=1S/C22H23F3N6O2.C12H16F2N4O.C10H8BrFN2O/c1-12-21(32)29-18-14(27-12)4-3-13(17(18)23)11-30-7-9-31(10-8-30)16-6-5-15(22(33)26-2)28-19(16)20(24)25;1-15-12(19)8-2-3-9(10(17-8)11(13)14)18-6-4-16-5-7-18;1-5-10(15)14-9-7(13-5)3-2-6(4-11)8(9)12/h3-6,20H,7-11H2,1-2H3,(H,26,33)(H,29,32);2-3,11,16H,4-7H2,1H3,(H,15,19);2-3H,4H2,1H3,(H,14,15). The second-order valence-corrected chi connectivity index (χ2v) is 15.8. The van der Waals surface area contributed by atoms with Gasteiger partial charge in [-0.3, -0.25) is 24.1 Å². The van der Waals surface area contributed by atoms with Crippen molar-refractivity contribution in [3.05, 3.63) is 126 Å². The van der Waals surface area contributed by atoms with Crippen LogP contribution in [0.3, 0.4) is 0 Å². The quantitative estimate of drug-likeness (QED) is 0.0911. The summed E-state index contributed by atoms with van der Waals surface area (Å²) in [5, 5.41) is 8.32. The molecule has 0 atom stereocenters. The third-order valence-corrected chi connectivity index (χ3v) is 11.6. The van der Waals surface area contributed by atoms with Crippen molar-refractivity contribution in [1.82, 2.24) is 50.8 Å². The highest BCUT2D eigenvalue weighted by molar-refractivity contribution is 9.08. The molecule has 6 aromatic rings. The average Bonchev–Trinajstić information content (AvgIpc) is 3.34. The first-order valence-corrected chi connectivity index (χ1v) is 22.0. The van der Waals surface area contributed by atoms with Gasteiger partial charge in [-0.05, 0) is 50.2 Å². The summed E-state index contributed by atoms with van der Waals surface area (Å²) in [6.07, 6.45) is -5.52. The third-order valence-electron chi connectivity index (χ3n) is 11.0. The Balaban J connectivity index is 0.000000183. The van der Waals surface area contributed by atoms with Gasteiger partial charge in [-0.2, -0.15) is 0 Å². The van der Waals surface area contributed by atoms with Crippen LogP contribution in [0.1, 0.15) is 67.7 Å². The SMILES string of the molecule is CNC(=O)c1ccc(N2CCN(Cc3ccc4nc(C)c(=O)[nH]c4c3F)CC2)c(C(F)F)n1.CNC(=O)c1ccc(N2CCNCC2)c(C(F)F)n1.Cc1nc2ccc(CBr)c(F)c2[nH]c1=O. The van der Waals surface area contributed by atoms with Crippen molar-refractivity contribution >= 4 is 61.2 Å². The molecule has 2 aliphatic rings. The van der Waals surface area contributed by atoms with Gasteiger partial charge in [0.05, 0.1) is 22.4 Å². The van der Waals surface area contributed by atoms with Crippen LogP contribution < -0.4 is 36.9 Å². The van der Waals surface area contributed by atoms with E-state index in [4.69, 9.17) is 0 Å². The van der Waals surface area contributed by atoms with E-state index in [2.05, 4.69) is 61.8 Å². The number of pyridine rings is 2. The van der Waals surface area contributed by atoms with E-state index in [-0.39, 0.29) is 45.1 Å². The molecule has 0 saturated carbocycles. The highest BCUT2D eigenvalue weighted by Crippen LogP contribution is 2.31. The number of amides is 2. The zero-order valence-corrected chi connectivity index (χ0v) is 38.3. The van der Waals surface area contributed by atoms with Gasteiger partial charge in [0.2, 0.25) is 0 Å². The predicted octanol–water partition coefficient (Wildman–Crippen LogP) is 5.44. The van der Waals surface area contributed by atoms with Gasteiger partial charge in [0.15, 0.2) is 11.6 Å². The molecule has 2 amide bonds. The summed E-state index contributed by atoms with van der Waals surface area (Å²) in [5.74, 6) is -1.94. The highest BCUT2D eigenvalue weighted by atomic mass is 79.9. The van der Waals surface area contributed by atoms with Crippen LogP contribution in [-0.2, 0) is 11.9 Å². The van der Waals surface area contributed by atoms with Crippen LogP contribution in [-0.4, -0.2) is 113 Å². The smallest absolute Gasteiger partial charge is 0.282 e. The van der Waals surface area contributed by atoms with Crippen molar-refractivity contribution in [2.75, 3.05) is 76.3 Å². The number of anilines is 2. The zero-order chi connectivity index (χ0) is 48.5. The second-order valence-electron chi connectivity index (χ2n) is 15.3. The number of piperazine rings is 2. The molecule has 2 aromatic carbocycles. The minimum absolute atomic E-state index is 0.0108. The Morgan fingerprint density at radius 1 is 0.642 bits per heavy atom. The summed E-state index contributed by atoms with van der Waals surface area (Å²) in [5.41, 5.74) is 1.71.